The molecule has 4 nitrogen and oxygen atoms in total. The molecule has 0 unspecified atom stereocenters. The number of thiophene rings is 1. The first-order chi connectivity index (χ1) is 10.1. The molecule has 0 bridgehead atoms. The molecule has 1 heterocycles. The molecule has 0 aliphatic heterocycles. The average molecular weight is 370 g/mol. The Morgan fingerprint density at radius 2 is 2.14 bits per heavy atom. The molecule has 21 heavy (non-hydrogen) atoms. The summed E-state index contributed by atoms with van der Waals surface area (Å²) in [6.45, 7) is 0.496. The predicted molar refractivity (Wildman–Crippen MR) is 87.0 cm³/mol. The van der Waals surface area contributed by atoms with Crippen LogP contribution in [0.2, 0.25) is 0 Å². The number of benzene rings is 1. The summed E-state index contributed by atoms with van der Waals surface area (Å²) in [4.78, 5) is 12.4. The third-order valence-corrected chi connectivity index (χ3v) is 4.94. The highest BCUT2D eigenvalue weighted by Gasteiger charge is 2.18. The van der Waals surface area contributed by atoms with E-state index in [0.29, 0.717) is 13.0 Å². The topological polar surface area (TPSA) is 58.6 Å². The third kappa shape index (κ3) is 4.56. The maximum atomic E-state index is 11.4. The van der Waals surface area contributed by atoms with Gasteiger partial charge in [-0.05, 0) is 34.0 Å². The van der Waals surface area contributed by atoms with E-state index in [0.717, 1.165) is 20.0 Å². The molecule has 6 heteroatoms. The molecule has 0 saturated carbocycles. The lowest BCUT2D eigenvalue weighted by atomic mass is 10.1. The van der Waals surface area contributed by atoms with Crippen molar-refractivity contribution >= 4 is 33.2 Å². The van der Waals surface area contributed by atoms with Gasteiger partial charge in [-0.2, -0.15) is 0 Å². The first kappa shape index (κ1) is 16.0. The minimum absolute atomic E-state index is 0.458. The molecule has 1 aromatic heterocycles. The SMILES string of the molecule is COc1sc(CN[C@H](Cc2ccccc2)C(=O)O)cc1Br. The second-order valence-corrected chi connectivity index (χ2v) is 6.47. The summed E-state index contributed by atoms with van der Waals surface area (Å²) >= 11 is 4.90. The third-order valence-electron chi connectivity index (χ3n) is 3.00. The van der Waals surface area contributed by atoms with Crippen LogP contribution in [0.3, 0.4) is 0 Å². The molecule has 112 valence electrons. The zero-order valence-electron chi connectivity index (χ0n) is 11.5. The second-order valence-electron chi connectivity index (χ2n) is 4.51. The molecule has 0 saturated heterocycles. The minimum atomic E-state index is -0.846. The van der Waals surface area contributed by atoms with E-state index in [4.69, 9.17) is 4.74 Å². The van der Waals surface area contributed by atoms with Crippen molar-refractivity contribution in [3.63, 3.8) is 0 Å². The Balaban J connectivity index is 1.98. The van der Waals surface area contributed by atoms with Crippen LogP contribution in [0.5, 0.6) is 5.06 Å². The summed E-state index contributed by atoms with van der Waals surface area (Å²) in [5, 5.41) is 13.2. The van der Waals surface area contributed by atoms with E-state index in [9.17, 15) is 9.90 Å². The molecule has 0 amide bonds. The van der Waals surface area contributed by atoms with Crippen LogP contribution in [0.25, 0.3) is 0 Å². The number of aliphatic carboxylic acids is 1. The summed E-state index contributed by atoms with van der Waals surface area (Å²) in [5.74, 6) is -0.846. The molecule has 0 radical (unpaired) electrons. The maximum Gasteiger partial charge on any atom is 0.321 e. The van der Waals surface area contributed by atoms with Crippen molar-refractivity contribution in [2.24, 2.45) is 0 Å². The van der Waals surface area contributed by atoms with Gasteiger partial charge in [0.1, 0.15) is 6.04 Å². The standard InChI is InChI=1S/C15H16BrNO3S/c1-20-15-12(16)8-11(21-15)9-17-13(14(18)19)7-10-5-3-2-4-6-10/h2-6,8,13,17H,7,9H2,1H3,(H,18,19)/t13-/m1/s1. The number of rotatable bonds is 7. The van der Waals surface area contributed by atoms with Crippen LogP contribution in [0.1, 0.15) is 10.4 Å². The normalized spacial score (nSPS) is 12.1. The zero-order valence-corrected chi connectivity index (χ0v) is 13.9. The molecule has 1 atom stereocenters. The highest BCUT2D eigenvalue weighted by molar-refractivity contribution is 9.10. The van der Waals surface area contributed by atoms with Crippen molar-refractivity contribution in [3.8, 4) is 5.06 Å². The summed E-state index contributed by atoms with van der Waals surface area (Å²) < 4.78 is 6.09. The molecular weight excluding hydrogens is 354 g/mol. The van der Waals surface area contributed by atoms with Crippen molar-refractivity contribution in [2.45, 2.75) is 19.0 Å². The Labute approximate surface area is 135 Å². The zero-order chi connectivity index (χ0) is 15.2. The van der Waals surface area contributed by atoms with Crippen molar-refractivity contribution in [1.82, 2.24) is 5.32 Å². The van der Waals surface area contributed by atoms with Crippen molar-refractivity contribution < 1.29 is 14.6 Å². The van der Waals surface area contributed by atoms with E-state index in [2.05, 4.69) is 21.2 Å². The minimum Gasteiger partial charge on any atom is -0.486 e. The van der Waals surface area contributed by atoms with Gasteiger partial charge in [0.25, 0.3) is 0 Å². The Bertz CT molecular complexity index is 600. The number of carboxylic acid groups (broad SMARTS) is 1. The number of methoxy groups -OCH3 is 1. The van der Waals surface area contributed by atoms with E-state index in [-0.39, 0.29) is 0 Å². The Hall–Kier alpha value is -1.37. The Morgan fingerprint density at radius 1 is 1.43 bits per heavy atom. The summed E-state index contributed by atoms with van der Waals surface area (Å²) in [5.41, 5.74) is 1.00. The summed E-state index contributed by atoms with van der Waals surface area (Å²) in [7, 11) is 1.61. The molecule has 2 N–H and O–H groups in total. The average Bonchev–Trinajstić information content (AvgIpc) is 2.84. The van der Waals surface area contributed by atoms with Gasteiger partial charge >= 0.3 is 5.97 Å². The second kappa shape index (κ2) is 7.59. The largest absolute Gasteiger partial charge is 0.486 e. The molecule has 0 spiro atoms. The molecule has 2 rings (SSSR count). The summed E-state index contributed by atoms with van der Waals surface area (Å²) in [6, 6.07) is 10.9. The van der Waals surface area contributed by atoms with Gasteiger partial charge in [-0.15, -0.1) is 11.3 Å². The fraction of sp³-hybridized carbons (Fsp3) is 0.267. The summed E-state index contributed by atoms with van der Waals surface area (Å²) in [6.07, 6.45) is 0.458. The van der Waals surface area contributed by atoms with Gasteiger partial charge in [-0.25, -0.2) is 0 Å². The molecule has 2 aromatic rings. The number of nitrogens with one attached hydrogen (secondary N) is 1. The van der Waals surface area contributed by atoms with E-state index in [1.165, 1.54) is 11.3 Å². The lowest BCUT2D eigenvalue weighted by Crippen LogP contribution is -2.37. The number of carbonyl (C=O) groups is 1. The van der Waals surface area contributed by atoms with Gasteiger partial charge < -0.3 is 9.84 Å². The van der Waals surface area contributed by atoms with Gasteiger partial charge in [-0.3, -0.25) is 10.1 Å². The molecule has 0 aliphatic rings. The van der Waals surface area contributed by atoms with E-state index in [1.807, 2.05) is 36.4 Å². The first-order valence-electron chi connectivity index (χ1n) is 6.42. The number of hydrogen-bond acceptors (Lipinski definition) is 4. The lowest BCUT2D eigenvalue weighted by Gasteiger charge is -2.13. The number of halogens is 1. The first-order valence-corrected chi connectivity index (χ1v) is 8.03. The number of ether oxygens (including phenoxy) is 1. The van der Waals surface area contributed by atoms with Crippen molar-refractivity contribution in [1.29, 1.82) is 0 Å². The smallest absolute Gasteiger partial charge is 0.321 e. The Kier molecular flexibility index (Phi) is 5.78. The van der Waals surface area contributed by atoms with E-state index >= 15 is 0 Å². The predicted octanol–water partition coefficient (Wildman–Crippen LogP) is 3.30. The monoisotopic (exact) mass is 369 g/mol. The van der Waals surface area contributed by atoms with E-state index < -0.39 is 12.0 Å². The van der Waals surface area contributed by atoms with Crippen LogP contribution < -0.4 is 10.1 Å². The van der Waals surface area contributed by atoms with Gasteiger partial charge in [0.15, 0.2) is 5.06 Å². The lowest BCUT2D eigenvalue weighted by molar-refractivity contribution is -0.139. The molecule has 1 aromatic carbocycles. The highest BCUT2D eigenvalue weighted by atomic mass is 79.9. The molecule has 0 aliphatic carbocycles. The van der Waals surface area contributed by atoms with Gasteiger partial charge in [0, 0.05) is 11.4 Å². The van der Waals surface area contributed by atoms with Crippen LogP contribution in [-0.2, 0) is 17.8 Å². The number of hydrogen-bond donors (Lipinski definition) is 2. The highest BCUT2D eigenvalue weighted by Crippen LogP contribution is 2.34. The fourth-order valence-electron chi connectivity index (χ4n) is 1.94. The van der Waals surface area contributed by atoms with Crippen LogP contribution >= 0.6 is 27.3 Å². The number of carboxylic acids is 1. The van der Waals surface area contributed by atoms with Crippen LogP contribution in [0.4, 0.5) is 0 Å². The fourth-order valence-corrected chi connectivity index (χ4v) is 3.59. The van der Waals surface area contributed by atoms with E-state index in [1.54, 1.807) is 7.11 Å². The molecule has 0 fully saturated rings. The van der Waals surface area contributed by atoms with Gasteiger partial charge in [0.05, 0.1) is 11.6 Å². The van der Waals surface area contributed by atoms with Gasteiger partial charge in [-0.1, -0.05) is 30.3 Å². The Morgan fingerprint density at radius 3 is 2.71 bits per heavy atom. The van der Waals surface area contributed by atoms with Gasteiger partial charge in [0.2, 0.25) is 0 Å². The molecular formula is C15H16BrNO3S. The quantitative estimate of drug-likeness (QED) is 0.785. The van der Waals surface area contributed by atoms with Crippen LogP contribution in [0, 0.1) is 0 Å². The van der Waals surface area contributed by atoms with Crippen LogP contribution in [0.15, 0.2) is 40.9 Å². The van der Waals surface area contributed by atoms with Crippen LogP contribution in [-0.4, -0.2) is 24.2 Å². The maximum absolute atomic E-state index is 11.4. The van der Waals surface area contributed by atoms with Crippen molar-refractivity contribution in [2.75, 3.05) is 7.11 Å². The van der Waals surface area contributed by atoms with Crippen molar-refractivity contribution in [3.05, 3.63) is 51.3 Å².